The van der Waals surface area contributed by atoms with Crippen molar-refractivity contribution in [1.29, 1.82) is 0 Å². The zero-order valence-corrected chi connectivity index (χ0v) is 5.69. The molecule has 1 N–H and O–H groups in total. The van der Waals surface area contributed by atoms with E-state index in [0.29, 0.717) is 0 Å². The molecular weight excluding hydrogens is 155 g/mol. The molecule has 0 aliphatic heterocycles. The largest absolute Gasteiger partial charge is 0.392 e. The van der Waals surface area contributed by atoms with Crippen LogP contribution in [0, 0.1) is 5.82 Å². The average molecular weight is 163 g/mol. The molecule has 0 heterocycles. The molecular formula is C7H6ClFO. The first-order chi connectivity index (χ1) is 5.41. The molecule has 10 heavy (non-hydrogen) atoms. The van der Waals surface area contributed by atoms with Crippen LogP contribution in [-0.2, 0) is 6.56 Å². The van der Waals surface area contributed by atoms with Crippen molar-refractivity contribution in [2.45, 2.75) is 6.56 Å². The molecule has 54 valence electrons. The highest BCUT2D eigenvalue weighted by molar-refractivity contribution is 6.31. The molecule has 0 amide bonds. The van der Waals surface area contributed by atoms with Crippen LogP contribution in [0.4, 0.5) is 4.39 Å². The average Bonchev–Trinajstić information content (AvgIpc) is 1.92. The van der Waals surface area contributed by atoms with Crippen molar-refractivity contribution in [2.75, 3.05) is 0 Å². The molecule has 0 atom stereocenters. The molecule has 0 aromatic heterocycles. The summed E-state index contributed by atoms with van der Waals surface area (Å²) in [5, 5.41) is 8.88. The van der Waals surface area contributed by atoms with E-state index in [2.05, 4.69) is 0 Å². The predicted octanol–water partition coefficient (Wildman–Crippen LogP) is 1.97. The van der Waals surface area contributed by atoms with Crippen LogP contribution in [0.1, 0.15) is 8.30 Å². The zero-order chi connectivity index (χ0) is 9.35. The van der Waals surface area contributed by atoms with Gasteiger partial charge < -0.3 is 5.11 Å². The number of hydrogen-bond donors (Lipinski definition) is 1. The highest BCUT2D eigenvalue weighted by Gasteiger charge is 1.98. The second-order valence-electron chi connectivity index (χ2n) is 1.74. The van der Waals surface area contributed by atoms with Crippen LogP contribution in [0.2, 0.25) is 5.02 Å². The van der Waals surface area contributed by atoms with Crippen molar-refractivity contribution in [3.8, 4) is 0 Å². The molecule has 0 saturated heterocycles. The van der Waals surface area contributed by atoms with Gasteiger partial charge in [-0.2, -0.15) is 0 Å². The van der Waals surface area contributed by atoms with Crippen LogP contribution in [-0.4, -0.2) is 5.11 Å². The van der Waals surface area contributed by atoms with Gasteiger partial charge in [-0.3, -0.25) is 0 Å². The summed E-state index contributed by atoms with van der Waals surface area (Å²) in [6.45, 7) is -2.60. The first-order valence-corrected chi connectivity index (χ1v) is 2.97. The minimum atomic E-state index is -2.60. The summed E-state index contributed by atoms with van der Waals surface area (Å²) < 4.78 is 26.3. The fraction of sp³-hybridized carbons (Fsp3) is 0.143. The Hall–Kier alpha value is -0.600. The van der Waals surface area contributed by atoms with E-state index < -0.39 is 12.4 Å². The third-order valence-electron chi connectivity index (χ3n) is 1.05. The quantitative estimate of drug-likeness (QED) is 0.670. The summed E-state index contributed by atoms with van der Waals surface area (Å²) in [6.07, 6.45) is 0. The van der Waals surface area contributed by atoms with E-state index in [1.807, 2.05) is 0 Å². The Labute approximate surface area is 65.9 Å². The lowest BCUT2D eigenvalue weighted by atomic mass is 10.2. The van der Waals surface area contributed by atoms with E-state index in [1.165, 1.54) is 6.07 Å². The Kier molecular flexibility index (Phi) is 1.53. The monoisotopic (exact) mass is 162 g/mol. The zero-order valence-electron chi connectivity index (χ0n) is 6.94. The lowest BCUT2D eigenvalue weighted by molar-refractivity contribution is 0.281. The Balaban J connectivity index is 3.23. The topological polar surface area (TPSA) is 20.2 Å². The van der Waals surface area contributed by atoms with Crippen molar-refractivity contribution < 1.29 is 12.2 Å². The molecule has 0 unspecified atom stereocenters. The number of rotatable bonds is 1. The van der Waals surface area contributed by atoms with Gasteiger partial charge in [-0.05, 0) is 23.8 Å². The SMILES string of the molecule is [2H]C([2H])(O)c1cc(F)ccc1Cl. The minimum Gasteiger partial charge on any atom is -0.392 e. The molecule has 0 aliphatic carbocycles. The number of halogens is 2. The Morgan fingerprint density at radius 2 is 2.40 bits per heavy atom. The first kappa shape index (κ1) is 5.10. The van der Waals surface area contributed by atoms with Crippen molar-refractivity contribution >= 4 is 11.6 Å². The molecule has 1 aromatic carbocycles. The van der Waals surface area contributed by atoms with Gasteiger partial charge in [0.15, 0.2) is 0 Å². The first-order valence-electron chi connectivity index (χ1n) is 3.59. The predicted molar refractivity (Wildman–Crippen MR) is 37.3 cm³/mol. The summed E-state index contributed by atoms with van der Waals surface area (Å²) >= 11 is 5.51. The van der Waals surface area contributed by atoms with Gasteiger partial charge in [-0.25, -0.2) is 4.39 Å². The second-order valence-corrected chi connectivity index (χ2v) is 2.14. The van der Waals surface area contributed by atoms with Crippen LogP contribution in [0.5, 0.6) is 0 Å². The maximum absolute atomic E-state index is 12.5. The van der Waals surface area contributed by atoms with Gasteiger partial charge in [-0.15, -0.1) is 0 Å². The van der Waals surface area contributed by atoms with Gasteiger partial charge in [0.25, 0.3) is 0 Å². The Bertz CT molecular complexity index is 298. The van der Waals surface area contributed by atoms with Crippen LogP contribution < -0.4 is 0 Å². The summed E-state index contributed by atoms with van der Waals surface area (Å²) in [6, 6.07) is 3.15. The molecule has 0 radical (unpaired) electrons. The molecule has 0 bridgehead atoms. The van der Waals surface area contributed by atoms with E-state index in [-0.39, 0.29) is 10.6 Å². The summed E-state index contributed by atoms with van der Waals surface area (Å²) in [7, 11) is 0. The van der Waals surface area contributed by atoms with Gasteiger partial charge in [0.2, 0.25) is 0 Å². The van der Waals surface area contributed by atoms with Gasteiger partial charge in [-0.1, -0.05) is 11.6 Å². The summed E-state index contributed by atoms with van der Waals surface area (Å²) in [4.78, 5) is 0. The summed E-state index contributed by atoms with van der Waals surface area (Å²) in [5.41, 5.74) is -0.260. The molecule has 1 nitrogen and oxygen atoms in total. The molecule has 0 fully saturated rings. The fourth-order valence-electron chi connectivity index (χ4n) is 0.583. The van der Waals surface area contributed by atoms with E-state index in [0.717, 1.165) is 12.1 Å². The van der Waals surface area contributed by atoms with E-state index >= 15 is 0 Å². The molecule has 1 rings (SSSR count). The van der Waals surface area contributed by atoms with Crippen molar-refractivity contribution in [3.63, 3.8) is 0 Å². The standard InChI is InChI=1S/C7H6ClFO/c8-7-2-1-6(9)3-5(7)4-10/h1-3,10H,4H2/i4D2. The normalized spacial score (nSPS) is 14.3. The van der Waals surface area contributed by atoms with Crippen molar-refractivity contribution in [2.24, 2.45) is 0 Å². The van der Waals surface area contributed by atoms with E-state index in [4.69, 9.17) is 19.4 Å². The number of benzene rings is 1. The highest BCUT2D eigenvalue weighted by Crippen LogP contribution is 2.16. The van der Waals surface area contributed by atoms with Crippen molar-refractivity contribution in [1.82, 2.24) is 0 Å². The lowest BCUT2D eigenvalue weighted by Gasteiger charge is -1.97. The Morgan fingerprint density at radius 3 is 2.90 bits per heavy atom. The lowest BCUT2D eigenvalue weighted by Crippen LogP contribution is -1.85. The molecule has 0 aliphatic rings. The van der Waals surface area contributed by atoms with Crippen LogP contribution in [0.25, 0.3) is 0 Å². The minimum absolute atomic E-state index is 0.00361. The smallest absolute Gasteiger partial charge is 0.123 e. The molecule has 3 heteroatoms. The van der Waals surface area contributed by atoms with E-state index in [9.17, 15) is 4.39 Å². The summed E-state index contributed by atoms with van der Waals surface area (Å²) in [5.74, 6) is -0.632. The number of aliphatic hydroxyl groups is 1. The van der Waals surface area contributed by atoms with Crippen LogP contribution in [0.15, 0.2) is 18.2 Å². The second kappa shape index (κ2) is 2.99. The fourth-order valence-corrected chi connectivity index (χ4v) is 0.743. The molecule has 1 aromatic rings. The number of hydrogen-bond acceptors (Lipinski definition) is 1. The van der Waals surface area contributed by atoms with Gasteiger partial charge in [0.1, 0.15) is 5.82 Å². The van der Waals surface area contributed by atoms with Gasteiger partial charge in [0, 0.05) is 5.02 Å². The third kappa shape index (κ3) is 1.46. The maximum atomic E-state index is 12.5. The van der Waals surface area contributed by atoms with Gasteiger partial charge in [0.05, 0.1) is 9.30 Å². The van der Waals surface area contributed by atoms with Gasteiger partial charge >= 0.3 is 0 Å². The Morgan fingerprint density at radius 1 is 1.70 bits per heavy atom. The molecule has 0 saturated carbocycles. The van der Waals surface area contributed by atoms with Crippen molar-refractivity contribution in [3.05, 3.63) is 34.6 Å². The maximum Gasteiger partial charge on any atom is 0.123 e. The highest BCUT2D eigenvalue weighted by atomic mass is 35.5. The van der Waals surface area contributed by atoms with E-state index in [1.54, 1.807) is 0 Å². The van der Waals surface area contributed by atoms with Crippen LogP contribution >= 0.6 is 11.6 Å². The third-order valence-corrected chi connectivity index (χ3v) is 1.38. The van der Waals surface area contributed by atoms with Crippen LogP contribution in [0.3, 0.4) is 0 Å². The molecule has 0 spiro atoms.